The summed E-state index contributed by atoms with van der Waals surface area (Å²) in [6, 6.07) is 4.19. The fourth-order valence-electron chi connectivity index (χ4n) is 3.41. The molecule has 98 valence electrons. The van der Waals surface area contributed by atoms with Crippen molar-refractivity contribution in [3.8, 4) is 12.1 Å². The Bertz CT molecular complexity index is 350. The molecule has 0 spiro atoms. The molecule has 0 aliphatic heterocycles. The van der Waals surface area contributed by atoms with Gasteiger partial charge in [0.15, 0.2) is 0 Å². The third-order valence-corrected chi connectivity index (χ3v) is 4.21. The first-order valence-electron chi connectivity index (χ1n) is 6.69. The Morgan fingerprint density at radius 3 is 2.33 bits per heavy atom. The molecule has 0 aromatic rings. The quantitative estimate of drug-likeness (QED) is 0.618. The molecule has 0 N–H and O–H groups in total. The maximum Gasteiger partial charge on any atom is 0.0645 e. The van der Waals surface area contributed by atoms with Crippen LogP contribution in [-0.4, -0.2) is 26.4 Å². The summed E-state index contributed by atoms with van der Waals surface area (Å²) < 4.78 is 11.1. The van der Waals surface area contributed by atoms with Gasteiger partial charge in [0.1, 0.15) is 0 Å². The fourth-order valence-corrected chi connectivity index (χ4v) is 3.41. The van der Waals surface area contributed by atoms with Gasteiger partial charge in [0.25, 0.3) is 0 Å². The second-order valence-corrected chi connectivity index (χ2v) is 5.58. The number of ether oxygens (including phenoxy) is 2. The molecule has 3 aliphatic rings. The van der Waals surface area contributed by atoms with Gasteiger partial charge in [0.05, 0.1) is 44.8 Å². The highest BCUT2D eigenvalue weighted by atomic mass is 16.5. The van der Waals surface area contributed by atoms with Crippen LogP contribution in [0.3, 0.4) is 0 Å². The topological polar surface area (TPSA) is 66.0 Å². The van der Waals surface area contributed by atoms with Crippen molar-refractivity contribution in [1.82, 2.24) is 0 Å². The molecule has 3 saturated carbocycles. The molecule has 0 aromatic carbocycles. The lowest BCUT2D eigenvalue weighted by Gasteiger charge is -2.38. The van der Waals surface area contributed by atoms with E-state index in [1.165, 1.54) is 19.3 Å². The van der Waals surface area contributed by atoms with Gasteiger partial charge >= 0.3 is 0 Å². The number of rotatable bonds is 8. The predicted octanol–water partition coefficient (Wildman–Crippen LogP) is 2.26. The smallest absolute Gasteiger partial charge is 0.0645 e. The Kier molecular flexibility index (Phi) is 4.58. The van der Waals surface area contributed by atoms with E-state index in [0.29, 0.717) is 37.4 Å². The zero-order valence-corrected chi connectivity index (χ0v) is 10.7. The maximum absolute atomic E-state index is 8.45. The number of hydrogen-bond acceptors (Lipinski definition) is 4. The van der Waals surface area contributed by atoms with Crippen molar-refractivity contribution in [3.05, 3.63) is 0 Å². The highest BCUT2D eigenvalue weighted by Gasteiger charge is 2.55. The zero-order chi connectivity index (χ0) is 12.8. The molecule has 3 rings (SSSR count). The Balaban J connectivity index is 1.62. The first-order valence-corrected chi connectivity index (χ1v) is 6.69. The second-order valence-electron chi connectivity index (χ2n) is 5.58. The standard InChI is InChI=1S/C14H20N2O2/c15-3-1-5-17-10-13-9-14(7-12(13)8-14)11-18-6-2-4-16/h12-13H,1-2,5-11H2/t12?,13-,14?/m0/s1. The number of nitrogens with zero attached hydrogens (tertiary/aromatic N) is 2. The van der Waals surface area contributed by atoms with E-state index in [2.05, 4.69) is 12.1 Å². The largest absolute Gasteiger partial charge is 0.380 e. The molecule has 4 nitrogen and oxygen atoms in total. The summed E-state index contributed by atoms with van der Waals surface area (Å²) in [6.45, 7) is 2.73. The van der Waals surface area contributed by atoms with E-state index in [9.17, 15) is 0 Å². The van der Waals surface area contributed by atoms with Gasteiger partial charge in [-0.25, -0.2) is 0 Å². The van der Waals surface area contributed by atoms with Crippen molar-refractivity contribution in [1.29, 1.82) is 10.5 Å². The molecule has 3 fully saturated rings. The molecule has 0 heterocycles. The van der Waals surface area contributed by atoms with Crippen molar-refractivity contribution in [2.45, 2.75) is 32.1 Å². The van der Waals surface area contributed by atoms with Crippen LogP contribution < -0.4 is 0 Å². The first kappa shape index (κ1) is 13.3. The molecule has 0 aromatic heterocycles. The van der Waals surface area contributed by atoms with E-state index >= 15 is 0 Å². The predicted molar refractivity (Wildman–Crippen MR) is 65.4 cm³/mol. The van der Waals surface area contributed by atoms with Crippen molar-refractivity contribution in [2.75, 3.05) is 26.4 Å². The maximum atomic E-state index is 8.45. The van der Waals surface area contributed by atoms with Crippen LogP contribution in [0, 0.1) is 39.9 Å². The van der Waals surface area contributed by atoms with Crippen molar-refractivity contribution < 1.29 is 9.47 Å². The molecule has 1 atom stereocenters. The van der Waals surface area contributed by atoms with E-state index in [-0.39, 0.29) is 0 Å². The minimum Gasteiger partial charge on any atom is -0.380 e. The number of hydrogen-bond donors (Lipinski definition) is 0. The third kappa shape index (κ3) is 3.02. The Hall–Kier alpha value is -1.10. The van der Waals surface area contributed by atoms with Gasteiger partial charge in [0.2, 0.25) is 0 Å². The van der Waals surface area contributed by atoms with Crippen LogP contribution in [0.25, 0.3) is 0 Å². The van der Waals surface area contributed by atoms with E-state index in [4.69, 9.17) is 20.0 Å². The fraction of sp³-hybridized carbons (Fsp3) is 0.857. The molecular formula is C14H20N2O2. The van der Waals surface area contributed by atoms with E-state index in [1.807, 2.05) is 0 Å². The Morgan fingerprint density at radius 1 is 1.00 bits per heavy atom. The average Bonchev–Trinajstić information content (AvgIpc) is 2.85. The van der Waals surface area contributed by atoms with Crippen LogP contribution in [0.1, 0.15) is 32.1 Å². The summed E-state index contributed by atoms with van der Waals surface area (Å²) in [6.07, 6.45) is 4.68. The van der Waals surface area contributed by atoms with Crippen LogP contribution in [0.5, 0.6) is 0 Å². The Labute approximate surface area is 108 Å². The molecule has 0 radical (unpaired) electrons. The van der Waals surface area contributed by atoms with Gasteiger partial charge in [-0.1, -0.05) is 0 Å². The lowest BCUT2D eigenvalue weighted by molar-refractivity contribution is 0.00284. The van der Waals surface area contributed by atoms with Crippen molar-refractivity contribution in [2.24, 2.45) is 17.3 Å². The lowest BCUT2D eigenvalue weighted by atomic mass is 9.70. The molecule has 0 unspecified atom stereocenters. The highest BCUT2D eigenvalue weighted by molar-refractivity contribution is 5.05. The minimum absolute atomic E-state index is 0.378. The second kappa shape index (κ2) is 6.18. The summed E-state index contributed by atoms with van der Waals surface area (Å²) in [5, 5.41) is 16.9. The van der Waals surface area contributed by atoms with Crippen LogP contribution in [0.15, 0.2) is 0 Å². The summed E-state index contributed by atoms with van der Waals surface area (Å²) in [7, 11) is 0. The molecule has 3 aliphatic carbocycles. The van der Waals surface area contributed by atoms with Gasteiger partial charge in [0, 0.05) is 6.61 Å². The molecular weight excluding hydrogens is 228 g/mol. The summed E-state index contributed by atoms with van der Waals surface area (Å²) >= 11 is 0. The van der Waals surface area contributed by atoms with Gasteiger partial charge in [-0.2, -0.15) is 10.5 Å². The van der Waals surface area contributed by atoms with Crippen molar-refractivity contribution >= 4 is 0 Å². The van der Waals surface area contributed by atoms with E-state index in [1.54, 1.807) is 0 Å². The SMILES string of the molecule is N#CCCOC[C@@H]1CC2(COCCC#N)CC1C2. The van der Waals surface area contributed by atoms with Gasteiger partial charge < -0.3 is 9.47 Å². The van der Waals surface area contributed by atoms with Gasteiger partial charge in [-0.3, -0.25) is 0 Å². The third-order valence-electron chi connectivity index (χ3n) is 4.21. The average molecular weight is 248 g/mol. The normalized spacial score (nSPS) is 32.6. The molecule has 0 amide bonds. The molecule has 4 heteroatoms. The van der Waals surface area contributed by atoms with Crippen molar-refractivity contribution in [3.63, 3.8) is 0 Å². The van der Waals surface area contributed by atoms with Crippen LogP contribution in [-0.2, 0) is 9.47 Å². The van der Waals surface area contributed by atoms with E-state index < -0.39 is 0 Å². The van der Waals surface area contributed by atoms with Gasteiger partial charge in [-0.05, 0) is 36.5 Å². The number of nitriles is 2. The Morgan fingerprint density at radius 2 is 1.67 bits per heavy atom. The lowest BCUT2D eigenvalue weighted by Crippen LogP contribution is -2.33. The summed E-state index contributed by atoms with van der Waals surface area (Å²) in [4.78, 5) is 0. The van der Waals surface area contributed by atoms with Crippen LogP contribution in [0.4, 0.5) is 0 Å². The molecule has 2 bridgehead atoms. The molecule has 0 saturated heterocycles. The number of fused-ring (bicyclic) bond motifs is 1. The summed E-state index contributed by atoms with van der Waals surface area (Å²) in [5.74, 6) is 1.45. The van der Waals surface area contributed by atoms with Crippen LogP contribution in [0.2, 0.25) is 0 Å². The monoisotopic (exact) mass is 248 g/mol. The first-order chi connectivity index (χ1) is 8.79. The zero-order valence-electron chi connectivity index (χ0n) is 10.7. The van der Waals surface area contributed by atoms with Gasteiger partial charge in [-0.15, -0.1) is 0 Å². The summed E-state index contributed by atoms with van der Waals surface area (Å²) in [5.41, 5.74) is 0.378. The highest BCUT2D eigenvalue weighted by Crippen LogP contribution is 2.61. The van der Waals surface area contributed by atoms with E-state index in [0.717, 1.165) is 19.1 Å². The minimum atomic E-state index is 0.378. The molecule has 18 heavy (non-hydrogen) atoms. The van der Waals surface area contributed by atoms with Crippen LogP contribution >= 0.6 is 0 Å².